The maximum atomic E-state index is 11.1. The van der Waals surface area contributed by atoms with Gasteiger partial charge in [-0.3, -0.25) is 9.59 Å². The number of rotatable bonds is 5. The molecule has 0 saturated carbocycles. The summed E-state index contributed by atoms with van der Waals surface area (Å²) in [5, 5.41) is 20.6. The number of carboxylic acid groups (broad SMARTS) is 2. The summed E-state index contributed by atoms with van der Waals surface area (Å²) in [6.07, 6.45) is -0.487. The van der Waals surface area contributed by atoms with Gasteiger partial charge >= 0.3 is 11.9 Å². The first-order valence-electron chi connectivity index (χ1n) is 5.63. The summed E-state index contributed by atoms with van der Waals surface area (Å²) in [6.45, 7) is 0. The van der Waals surface area contributed by atoms with Crippen molar-refractivity contribution in [1.82, 2.24) is 4.98 Å². The zero-order valence-electron chi connectivity index (χ0n) is 10.1. The number of carbonyl (C=O) groups is 2. The Morgan fingerprint density at radius 3 is 2.45 bits per heavy atom. The van der Waals surface area contributed by atoms with E-state index in [0.29, 0.717) is 10.0 Å². The number of halogens is 1. The lowest BCUT2D eigenvalue weighted by Crippen LogP contribution is -2.16. The number of benzene rings is 1. The molecule has 0 unspecified atom stereocenters. The summed E-state index contributed by atoms with van der Waals surface area (Å²) in [7, 11) is 0. The number of carboxylic acids is 2. The van der Waals surface area contributed by atoms with Crippen LogP contribution in [0.1, 0.15) is 18.0 Å². The van der Waals surface area contributed by atoms with Crippen molar-refractivity contribution in [2.45, 2.75) is 12.3 Å². The van der Waals surface area contributed by atoms with Gasteiger partial charge in [0, 0.05) is 16.0 Å². The molecular weight excluding hydrogens is 302 g/mol. The Kier molecular flexibility index (Phi) is 4.36. The van der Waals surface area contributed by atoms with Gasteiger partial charge in [-0.2, -0.15) is 0 Å². The van der Waals surface area contributed by atoms with Crippen LogP contribution < -0.4 is 0 Å². The first-order valence-corrected chi connectivity index (χ1v) is 6.89. The van der Waals surface area contributed by atoms with E-state index in [4.69, 9.17) is 21.8 Å². The van der Waals surface area contributed by atoms with Crippen LogP contribution >= 0.6 is 22.9 Å². The zero-order valence-corrected chi connectivity index (χ0v) is 11.7. The second-order valence-corrected chi connectivity index (χ2v) is 5.37. The highest BCUT2D eigenvalue weighted by Crippen LogP contribution is 2.29. The van der Waals surface area contributed by atoms with Gasteiger partial charge in [0.1, 0.15) is 10.9 Å². The maximum Gasteiger partial charge on any atom is 0.313 e. The molecule has 2 N–H and O–H groups in total. The van der Waals surface area contributed by atoms with E-state index in [1.54, 1.807) is 29.6 Å². The first kappa shape index (κ1) is 14.5. The van der Waals surface area contributed by atoms with Crippen molar-refractivity contribution >= 4 is 34.9 Å². The number of nitrogens with zero attached hydrogens (tertiary/aromatic N) is 1. The van der Waals surface area contributed by atoms with Crippen LogP contribution in [0.3, 0.4) is 0 Å². The third-order valence-electron chi connectivity index (χ3n) is 2.65. The highest BCUT2D eigenvalue weighted by molar-refractivity contribution is 7.13. The van der Waals surface area contributed by atoms with Gasteiger partial charge in [-0.15, -0.1) is 11.3 Å². The van der Waals surface area contributed by atoms with Crippen LogP contribution in [0, 0.1) is 0 Å². The average molecular weight is 312 g/mol. The molecule has 1 aromatic carbocycles. The molecule has 0 aliphatic rings. The molecule has 5 nitrogen and oxygen atoms in total. The zero-order chi connectivity index (χ0) is 14.7. The number of hydrogen-bond donors (Lipinski definition) is 2. The molecule has 1 atom stereocenters. The number of aromatic nitrogens is 1. The lowest BCUT2D eigenvalue weighted by Gasteiger charge is -2.05. The normalized spacial score (nSPS) is 12.1. The van der Waals surface area contributed by atoms with Crippen LogP contribution in [0.25, 0.3) is 10.6 Å². The van der Waals surface area contributed by atoms with E-state index in [9.17, 15) is 9.59 Å². The number of hydrogen-bond acceptors (Lipinski definition) is 4. The van der Waals surface area contributed by atoms with Crippen molar-refractivity contribution in [2.24, 2.45) is 0 Å². The molecule has 2 aromatic rings. The third kappa shape index (κ3) is 3.34. The van der Waals surface area contributed by atoms with E-state index >= 15 is 0 Å². The molecule has 1 heterocycles. The molecule has 0 spiro atoms. The Bertz CT molecular complexity index is 638. The highest BCUT2D eigenvalue weighted by atomic mass is 35.5. The molecule has 104 valence electrons. The van der Waals surface area contributed by atoms with Gasteiger partial charge < -0.3 is 10.2 Å². The molecule has 7 heteroatoms. The molecule has 0 fully saturated rings. The largest absolute Gasteiger partial charge is 0.481 e. The predicted octanol–water partition coefficient (Wildman–Crippen LogP) is 3.11. The Labute approximate surface area is 123 Å². The van der Waals surface area contributed by atoms with Crippen molar-refractivity contribution in [3.05, 3.63) is 40.4 Å². The van der Waals surface area contributed by atoms with E-state index in [2.05, 4.69) is 4.98 Å². The molecular formula is C13H10ClNO4S. The molecule has 2 rings (SSSR count). The minimum absolute atomic E-state index is 0.259. The highest BCUT2D eigenvalue weighted by Gasteiger charge is 2.25. The second-order valence-electron chi connectivity index (χ2n) is 4.07. The third-order valence-corrected chi connectivity index (χ3v) is 3.81. The van der Waals surface area contributed by atoms with Gasteiger partial charge in [-0.05, 0) is 12.1 Å². The van der Waals surface area contributed by atoms with Gasteiger partial charge in [-0.1, -0.05) is 23.7 Å². The van der Waals surface area contributed by atoms with Crippen LogP contribution in [0.4, 0.5) is 0 Å². The molecule has 0 saturated heterocycles. The monoisotopic (exact) mass is 311 g/mol. The molecule has 0 radical (unpaired) electrons. The average Bonchev–Trinajstić information content (AvgIpc) is 2.85. The number of thiazole rings is 1. The fraction of sp³-hybridized carbons (Fsp3) is 0.154. The van der Waals surface area contributed by atoms with Crippen LogP contribution in [-0.2, 0) is 9.59 Å². The molecule has 0 bridgehead atoms. The van der Waals surface area contributed by atoms with Crippen molar-refractivity contribution < 1.29 is 19.8 Å². The van der Waals surface area contributed by atoms with Gasteiger partial charge in [0.05, 0.1) is 12.1 Å². The minimum Gasteiger partial charge on any atom is -0.481 e. The molecule has 0 aliphatic carbocycles. The minimum atomic E-state index is -1.19. The van der Waals surface area contributed by atoms with Gasteiger partial charge in [0.2, 0.25) is 0 Å². The summed E-state index contributed by atoms with van der Waals surface area (Å²) in [4.78, 5) is 26.0. The van der Waals surface area contributed by atoms with Crippen molar-refractivity contribution in [3.63, 3.8) is 0 Å². The summed E-state index contributed by atoms with van der Waals surface area (Å²) >= 11 is 7.06. The SMILES string of the molecule is O=C(O)C[C@H](C(=O)O)c1csc(-c2ccc(Cl)cc2)n1. The van der Waals surface area contributed by atoms with E-state index in [1.807, 2.05) is 0 Å². The van der Waals surface area contributed by atoms with Gasteiger partial charge in [0.25, 0.3) is 0 Å². The standard InChI is InChI=1S/C13H10ClNO4S/c14-8-3-1-7(2-4-8)12-15-10(6-20-12)9(13(18)19)5-11(16)17/h1-4,6,9H,5H2,(H,16,17)(H,18,19)/t9-/m0/s1. The summed E-state index contributed by atoms with van der Waals surface area (Å²) in [6, 6.07) is 6.98. The quantitative estimate of drug-likeness (QED) is 0.886. The van der Waals surface area contributed by atoms with Crippen LogP contribution in [-0.4, -0.2) is 27.1 Å². The van der Waals surface area contributed by atoms with Crippen molar-refractivity contribution in [2.75, 3.05) is 0 Å². The fourth-order valence-electron chi connectivity index (χ4n) is 1.66. The van der Waals surface area contributed by atoms with E-state index < -0.39 is 24.3 Å². The molecule has 20 heavy (non-hydrogen) atoms. The van der Waals surface area contributed by atoms with E-state index in [-0.39, 0.29) is 5.69 Å². The lowest BCUT2D eigenvalue weighted by molar-refractivity contribution is -0.145. The van der Waals surface area contributed by atoms with Crippen molar-refractivity contribution in [3.8, 4) is 10.6 Å². The Balaban J connectivity index is 2.29. The molecule has 0 aliphatic heterocycles. The smallest absolute Gasteiger partial charge is 0.313 e. The summed E-state index contributed by atoms with van der Waals surface area (Å²) in [5.41, 5.74) is 1.07. The topological polar surface area (TPSA) is 87.5 Å². The van der Waals surface area contributed by atoms with Crippen LogP contribution in [0.2, 0.25) is 5.02 Å². The molecule has 0 amide bonds. The second kappa shape index (κ2) is 6.02. The number of aliphatic carboxylic acids is 2. The Morgan fingerprint density at radius 1 is 1.25 bits per heavy atom. The van der Waals surface area contributed by atoms with E-state index in [1.165, 1.54) is 11.3 Å². The maximum absolute atomic E-state index is 11.1. The fourth-order valence-corrected chi connectivity index (χ4v) is 2.67. The van der Waals surface area contributed by atoms with Gasteiger partial charge in [-0.25, -0.2) is 4.98 Å². The summed E-state index contributed by atoms with van der Waals surface area (Å²) in [5.74, 6) is -3.50. The van der Waals surface area contributed by atoms with Gasteiger partial charge in [0.15, 0.2) is 0 Å². The summed E-state index contributed by atoms with van der Waals surface area (Å²) < 4.78 is 0. The van der Waals surface area contributed by atoms with Crippen LogP contribution in [0.5, 0.6) is 0 Å². The predicted molar refractivity (Wildman–Crippen MR) is 75.2 cm³/mol. The van der Waals surface area contributed by atoms with Crippen molar-refractivity contribution in [1.29, 1.82) is 0 Å². The Morgan fingerprint density at radius 2 is 1.90 bits per heavy atom. The van der Waals surface area contributed by atoms with Crippen LogP contribution in [0.15, 0.2) is 29.6 Å². The molecule has 1 aromatic heterocycles. The first-order chi connectivity index (χ1) is 9.47. The Hall–Kier alpha value is -1.92. The lowest BCUT2D eigenvalue weighted by atomic mass is 10.0. The van der Waals surface area contributed by atoms with E-state index in [0.717, 1.165) is 5.56 Å².